The van der Waals surface area contributed by atoms with E-state index < -0.39 is 0 Å². The molecule has 2 aliphatic carbocycles. The summed E-state index contributed by atoms with van der Waals surface area (Å²) in [4.78, 5) is 5.31. The molecule has 0 amide bonds. The zero-order chi connectivity index (χ0) is 12.4. The summed E-state index contributed by atoms with van der Waals surface area (Å²) in [6, 6.07) is 3.97. The van der Waals surface area contributed by atoms with Crippen molar-refractivity contribution in [3.05, 3.63) is 0 Å². The van der Waals surface area contributed by atoms with Gasteiger partial charge in [-0.25, -0.2) is 0 Å². The third-order valence-corrected chi connectivity index (χ3v) is 5.30. The Morgan fingerprint density at radius 3 is 2.11 bits per heavy atom. The zero-order valence-corrected chi connectivity index (χ0v) is 11.4. The first-order valence-electron chi connectivity index (χ1n) is 7.76. The van der Waals surface area contributed by atoms with Crippen molar-refractivity contribution in [1.82, 2.24) is 9.80 Å². The summed E-state index contributed by atoms with van der Waals surface area (Å²) in [5, 5.41) is 9.20. The first-order chi connectivity index (χ1) is 8.88. The van der Waals surface area contributed by atoms with E-state index in [1.807, 2.05) is 0 Å². The summed E-state index contributed by atoms with van der Waals surface area (Å²) in [6.07, 6.45) is 9.35. The van der Waals surface area contributed by atoms with Gasteiger partial charge in [-0.3, -0.25) is 9.80 Å². The van der Waals surface area contributed by atoms with Gasteiger partial charge < -0.3 is 0 Å². The smallest absolute Gasteiger partial charge is 0.0672 e. The van der Waals surface area contributed by atoms with Crippen LogP contribution in [0.1, 0.15) is 44.9 Å². The second kappa shape index (κ2) is 5.59. The Morgan fingerprint density at radius 2 is 1.44 bits per heavy atom. The van der Waals surface area contributed by atoms with Crippen molar-refractivity contribution in [2.75, 3.05) is 26.2 Å². The van der Waals surface area contributed by atoms with E-state index in [9.17, 15) is 5.26 Å². The van der Waals surface area contributed by atoms with Crippen LogP contribution in [0.15, 0.2) is 0 Å². The summed E-state index contributed by atoms with van der Waals surface area (Å²) >= 11 is 0. The van der Waals surface area contributed by atoms with E-state index in [0.29, 0.717) is 12.0 Å². The predicted molar refractivity (Wildman–Crippen MR) is 72.1 cm³/mol. The Kier molecular flexibility index (Phi) is 3.86. The lowest BCUT2D eigenvalue weighted by Gasteiger charge is -2.41. The molecule has 1 aliphatic heterocycles. The van der Waals surface area contributed by atoms with Crippen LogP contribution in [0.3, 0.4) is 0 Å². The molecule has 0 radical (unpaired) electrons. The zero-order valence-electron chi connectivity index (χ0n) is 11.4. The molecule has 3 heteroatoms. The van der Waals surface area contributed by atoms with E-state index in [2.05, 4.69) is 15.9 Å². The van der Waals surface area contributed by atoms with E-state index in [-0.39, 0.29) is 0 Å². The number of nitrogens with zero attached hydrogens (tertiary/aromatic N) is 3. The number of hydrogen-bond donors (Lipinski definition) is 0. The monoisotopic (exact) mass is 247 g/mol. The molecule has 3 fully saturated rings. The highest BCUT2D eigenvalue weighted by molar-refractivity contribution is 4.98. The topological polar surface area (TPSA) is 30.3 Å². The van der Waals surface area contributed by atoms with Crippen molar-refractivity contribution in [3.8, 4) is 6.07 Å². The minimum absolute atomic E-state index is 0.308. The minimum Gasteiger partial charge on any atom is -0.298 e. The van der Waals surface area contributed by atoms with Crippen LogP contribution in [0.4, 0.5) is 0 Å². The fourth-order valence-corrected chi connectivity index (χ4v) is 4.23. The summed E-state index contributed by atoms with van der Waals surface area (Å²) < 4.78 is 0. The van der Waals surface area contributed by atoms with E-state index in [1.165, 1.54) is 64.7 Å². The molecule has 0 aromatic rings. The van der Waals surface area contributed by atoms with Gasteiger partial charge >= 0.3 is 0 Å². The Morgan fingerprint density at radius 1 is 0.778 bits per heavy atom. The molecule has 0 spiro atoms. The second-order valence-corrected chi connectivity index (χ2v) is 6.24. The Labute approximate surface area is 111 Å². The van der Waals surface area contributed by atoms with Crippen LogP contribution in [0.5, 0.6) is 0 Å². The van der Waals surface area contributed by atoms with Crippen molar-refractivity contribution < 1.29 is 0 Å². The van der Waals surface area contributed by atoms with Crippen LogP contribution >= 0.6 is 0 Å². The first-order valence-corrected chi connectivity index (χ1v) is 7.76. The molecule has 0 bridgehead atoms. The van der Waals surface area contributed by atoms with Gasteiger partial charge in [0.25, 0.3) is 0 Å². The highest BCUT2D eigenvalue weighted by Gasteiger charge is 2.35. The summed E-state index contributed by atoms with van der Waals surface area (Å²) in [5.41, 5.74) is 0. The van der Waals surface area contributed by atoms with Gasteiger partial charge in [-0.1, -0.05) is 19.3 Å². The van der Waals surface area contributed by atoms with Gasteiger partial charge in [-0.15, -0.1) is 0 Å². The average molecular weight is 247 g/mol. The van der Waals surface area contributed by atoms with Crippen molar-refractivity contribution in [1.29, 1.82) is 5.26 Å². The normalized spacial score (nSPS) is 35.9. The van der Waals surface area contributed by atoms with Gasteiger partial charge in [-0.05, 0) is 25.7 Å². The summed E-state index contributed by atoms with van der Waals surface area (Å²) in [5.74, 6) is 0.308. The number of nitriles is 1. The lowest BCUT2D eigenvalue weighted by molar-refractivity contribution is 0.0646. The molecule has 3 rings (SSSR count). The Bertz CT molecular complexity index is 308. The van der Waals surface area contributed by atoms with Crippen LogP contribution in [0.2, 0.25) is 0 Å². The van der Waals surface area contributed by atoms with Crippen LogP contribution in [0, 0.1) is 17.2 Å². The maximum atomic E-state index is 9.20. The molecular formula is C15H25N3. The standard InChI is InChI=1S/C15H25N3/c16-12-13-4-3-7-15(13)18-10-8-17(9-11-18)14-5-1-2-6-14/h13-15H,1-11H2. The molecule has 2 saturated carbocycles. The first kappa shape index (κ1) is 12.4. The van der Waals surface area contributed by atoms with E-state index in [1.54, 1.807) is 0 Å². The minimum atomic E-state index is 0.308. The van der Waals surface area contributed by atoms with Gasteiger partial charge in [-0.2, -0.15) is 5.26 Å². The Hall–Kier alpha value is -0.590. The van der Waals surface area contributed by atoms with Crippen LogP contribution < -0.4 is 0 Å². The Balaban J connectivity index is 1.52. The summed E-state index contributed by atoms with van der Waals surface area (Å²) in [6.45, 7) is 4.86. The van der Waals surface area contributed by atoms with Gasteiger partial charge in [0.2, 0.25) is 0 Å². The molecule has 3 nitrogen and oxygen atoms in total. The summed E-state index contributed by atoms with van der Waals surface area (Å²) in [7, 11) is 0. The second-order valence-electron chi connectivity index (χ2n) is 6.24. The fourth-order valence-electron chi connectivity index (χ4n) is 4.23. The predicted octanol–water partition coefficient (Wildman–Crippen LogP) is 2.24. The lowest BCUT2D eigenvalue weighted by atomic mass is 10.0. The van der Waals surface area contributed by atoms with Crippen molar-refractivity contribution in [2.24, 2.45) is 5.92 Å². The van der Waals surface area contributed by atoms with E-state index in [0.717, 1.165) is 12.5 Å². The highest BCUT2D eigenvalue weighted by Crippen LogP contribution is 2.31. The molecule has 2 unspecified atom stereocenters. The molecule has 1 heterocycles. The van der Waals surface area contributed by atoms with Crippen LogP contribution in [-0.4, -0.2) is 48.1 Å². The molecular weight excluding hydrogens is 222 g/mol. The van der Waals surface area contributed by atoms with Gasteiger partial charge in [0.1, 0.15) is 0 Å². The molecule has 0 aromatic carbocycles. The lowest BCUT2D eigenvalue weighted by Crippen LogP contribution is -2.53. The number of rotatable bonds is 2. The molecule has 100 valence electrons. The molecule has 0 N–H and O–H groups in total. The van der Waals surface area contributed by atoms with Crippen LogP contribution in [-0.2, 0) is 0 Å². The van der Waals surface area contributed by atoms with E-state index >= 15 is 0 Å². The van der Waals surface area contributed by atoms with Crippen molar-refractivity contribution >= 4 is 0 Å². The third-order valence-electron chi connectivity index (χ3n) is 5.30. The molecule has 1 saturated heterocycles. The largest absolute Gasteiger partial charge is 0.298 e. The van der Waals surface area contributed by atoms with Gasteiger partial charge in [0.15, 0.2) is 0 Å². The van der Waals surface area contributed by atoms with Gasteiger partial charge in [0.05, 0.1) is 12.0 Å². The maximum absolute atomic E-state index is 9.20. The quantitative estimate of drug-likeness (QED) is 0.749. The van der Waals surface area contributed by atoms with Crippen molar-refractivity contribution in [3.63, 3.8) is 0 Å². The fraction of sp³-hybridized carbons (Fsp3) is 0.933. The maximum Gasteiger partial charge on any atom is 0.0672 e. The van der Waals surface area contributed by atoms with Crippen LogP contribution in [0.25, 0.3) is 0 Å². The van der Waals surface area contributed by atoms with E-state index in [4.69, 9.17) is 0 Å². The molecule has 2 atom stereocenters. The van der Waals surface area contributed by atoms with Crippen molar-refractivity contribution in [2.45, 2.75) is 57.0 Å². The highest BCUT2D eigenvalue weighted by atomic mass is 15.3. The molecule has 3 aliphatic rings. The SMILES string of the molecule is N#CC1CCCC1N1CCN(C2CCCC2)CC1. The molecule has 18 heavy (non-hydrogen) atoms. The third kappa shape index (κ3) is 2.41. The van der Waals surface area contributed by atoms with Gasteiger partial charge in [0, 0.05) is 38.3 Å². The molecule has 0 aromatic heterocycles. The number of piperazine rings is 1. The average Bonchev–Trinajstić information content (AvgIpc) is 3.10. The number of hydrogen-bond acceptors (Lipinski definition) is 3.